The Morgan fingerprint density at radius 2 is 1.45 bits per heavy atom. The summed E-state index contributed by atoms with van der Waals surface area (Å²) in [6.07, 6.45) is 1.49. The van der Waals surface area contributed by atoms with Gasteiger partial charge in [-0.2, -0.15) is 10.2 Å². The minimum Gasteiger partial charge on any atom is -0.383 e. The Kier molecular flexibility index (Phi) is 4.71. The van der Waals surface area contributed by atoms with E-state index in [0.29, 0.717) is 18.9 Å². The highest BCUT2D eigenvalue weighted by molar-refractivity contribution is 5.88. The lowest BCUT2D eigenvalue weighted by molar-refractivity contribution is 0.684. The van der Waals surface area contributed by atoms with Crippen LogP contribution in [0.1, 0.15) is 22.5 Å². The zero-order chi connectivity index (χ0) is 21.4. The Hall–Kier alpha value is -4.00. The summed E-state index contributed by atoms with van der Waals surface area (Å²) in [5, 5.41) is 10.4. The van der Waals surface area contributed by atoms with E-state index in [1.165, 1.54) is 11.9 Å². The Labute approximate surface area is 180 Å². The van der Waals surface area contributed by atoms with Crippen LogP contribution < -0.4 is 5.73 Å². The van der Waals surface area contributed by atoms with Crippen LogP contribution in [0.15, 0.2) is 67.0 Å². The number of rotatable bonds is 5. The molecule has 154 valence electrons. The van der Waals surface area contributed by atoms with Gasteiger partial charge in [-0.1, -0.05) is 60.7 Å². The Balaban J connectivity index is 1.65. The number of benzene rings is 2. The summed E-state index contributed by atoms with van der Waals surface area (Å²) < 4.78 is 3.98. The summed E-state index contributed by atoms with van der Waals surface area (Å²) in [5.74, 6) is 0.452. The largest absolute Gasteiger partial charge is 0.383 e. The van der Waals surface area contributed by atoms with Gasteiger partial charge in [0.05, 0.1) is 35.6 Å². The molecule has 0 aliphatic rings. The highest BCUT2D eigenvalue weighted by Crippen LogP contribution is 2.29. The molecule has 0 unspecified atom stereocenters. The molecule has 0 aliphatic carbocycles. The first kappa shape index (κ1) is 19.0. The number of hydrogen-bond acceptors (Lipinski definition) is 5. The van der Waals surface area contributed by atoms with Crippen LogP contribution in [-0.2, 0) is 13.1 Å². The predicted molar refractivity (Wildman–Crippen MR) is 122 cm³/mol. The van der Waals surface area contributed by atoms with Gasteiger partial charge in [-0.3, -0.25) is 4.68 Å². The molecule has 0 amide bonds. The maximum atomic E-state index is 6.08. The molecule has 7 heteroatoms. The number of aromatic nitrogens is 6. The number of nitrogens with two attached hydrogens (primary N) is 1. The van der Waals surface area contributed by atoms with E-state index in [1.54, 1.807) is 0 Å². The fourth-order valence-electron chi connectivity index (χ4n) is 4.07. The summed E-state index contributed by atoms with van der Waals surface area (Å²) in [7, 11) is 0. The van der Waals surface area contributed by atoms with E-state index in [4.69, 9.17) is 15.9 Å². The van der Waals surface area contributed by atoms with Crippen LogP contribution in [0.5, 0.6) is 0 Å². The van der Waals surface area contributed by atoms with Crippen molar-refractivity contribution >= 4 is 16.9 Å². The average molecular weight is 409 g/mol. The molecule has 0 bridgehead atoms. The third-order valence-corrected chi connectivity index (χ3v) is 5.52. The average Bonchev–Trinajstić information content (AvgIpc) is 3.26. The zero-order valence-corrected chi connectivity index (χ0v) is 17.5. The van der Waals surface area contributed by atoms with Crippen molar-refractivity contribution in [3.8, 4) is 11.3 Å². The molecular weight excluding hydrogens is 386 g/mol. The molecule has 2 N–H and O–H groups in total. The first-order valence-electron chi connectivity index (χ1n) is 10.2. The maximum Gasteiger partial charge on any atom is 0.163 e. The third-order valence-electron chi connectivity index (χ3n) is 5.52. The molecular formula is C24H23N7. The maximum absolute atomic E-state index is 6.08. The molecule has 0 aliphatic heterocycles. The summed E-state index contributed by atoms with van der Waals surface area (Å²) in [4.78, 5) is 8.57. The van der Waals surface area contributed by atoms with Crippen LogP contribution in [0.4, 0.5) is 5.82 Å². The smallest absolute Gasteiger partial charge is 0.163 e. The van der Waals surface area contributed by atoms with Crippen molar-refractivity contribution in [2.75, 3.05) is 5.73 Å². The van der Waals surface area contributed by atoms with Crippen molar-refractivity contribution in [3.05, 3.63) is 89.5 Å². The van der Waals surface area contributed by atoms with Crippen LogP contribution >= 0.6 is 0 Å². The van der Waals surface area contributed by atoms with Crippen LogP contribution in [0, 0.1) is 13.8 Å². The van der Waals surface area contributed by atoms with E-state index in [1.807, 2.05) is 30.7 Å². The van der Waals surface area contributed by atoms with Gasteiger partial charge in [0.15, 0.2) is 5.65 Å². The summed E-state index contributed by atoms with van der Waals surface area (Å²) in [6, 6.07) is 20.7. The minimum atomic E-state index is 0.452. The van der Waals surface area contributed by atoms with E-state index in [9.17, 15) is 0 Å². The predicted octanol–water partition coefficient (Wildman–Crippen LogP) is 3.99. The number of nitrogen functional groups attached to an aromatic ring is 1. The normalized spacial score (nSPS) is 11.3. The second kappa shape index (κ2) is 7.68. The van der Waals surface area contributed by atoms with E-state index >= 15 is 0 Å². The molecule has 0 spiro atoms. The second-order valence-corrected chi connectivity index (χ2v) is 7.62. The van der Waals surface area contributed by atoms with Gasteiger partial charge in [-0.05, 0) is 19.4 Å². The first-order valence-corrected chi connectivity index (χ1v) is 10.2. The fraction of sp³-hybridized carbons (Fsp3) is 0.167. The monoisotopic (exact) mass is 409 g/mol. The molecule has 5 rings (SSSR count). The Morgan fingerprint density at radius 3 is 2.19 bits per heavy atom. The van der Waals surface area contributed by atoms with Crippen molar-refractivity contribution in [3.63, 3.8) is 0 Å². The van der Waals surface area contributed by atoms with Crippen LogP contribution in [0.25, 0.3) is 22.3 Å². The van der Waals surface area contributed by atoms with Crippen molar-refractivity contribution in [2.45, 2.75) is 26.9 Å². The Bertz CT molecular complexity index is 1350. The third kappa shape index (κ3) is 3.44. The molecule has 0 atom stereocenters. The molecule has 0 saturated heterocycles. The number of nitrogens with zero attached hydrogens (tertiary/aromatic N) is 6. The fourth-order valence-corrected chi connectivity index (χ4v) is 4.07. The van der Waals surface area contributed by atoms with Crippen LogP contribution in [-0.4, -0.2) is 29.5 Å². The van der Waals surface area contributed by atoms with E-state index in [0.717, 1.165) is 39.2 Å². The lowest BCUT2D eigenvalue weighted by Gasteiger charge is -2.11. The molecule has 3 heterocycles. The first-order chi connectivity index (χ1) is 15.1. The van der Waals surface area contributed by atoms with Gasteiger partial charge >= 0.3 is 0 Å². The standard InChI is InChI=1S/C24H23N7/c1-16-20(14-31-24-21(17(2)29-31)23(25)26-15-27-24)22(19-11-7-4-8-12-19)30(28-16)13-18-9-5-3-6-10-18/h3-12,15H,13-14H2,1-2H3,(H2,25,26,27). The number of anilines is 1. The topological polar surface area (TPSA) is 87.4 Å². The Morgan fingerprint density at radius 1 is 0.774 bits per heavy atom. The van der Waals surface area contributed by atoms with Gasteiger partial charge in [-0.15, -0.1) is 0 Å². The van der Waals surface area contributed by atoms with Gasteiger partial charge in [0.2, 0.25) is 0 Å². The van der Waals surface area contributed by atoms with E-state index in [2.05, 4.69) is 63.2 Å². The quantitative estimate of drug-likeness (QED) is 0.474. The summed E-state index contributed by atoms with van der Waals surface area (Å²) in [6.45, 7) is 5.22. The van der Waals surface area contributed by atoms with Gasteiger partial charge < -0.3 is 5.73 Å². The van der Waals surface area contributed by atoms with Crippen molar-refractivity contribution in [2.24, 2.45) is 0 Å². The molecule has 0 saturated carbocycles. The number of aryl methyl sites for hydroxylation is 2. The van der Waals surface area contributed by atoms with Gasteiger partial charge in [0.25, 0.3) is 0 Å². The summed E-state index contributed by atoms with van der Waals surface area (Å²) in [5.41, 5.74) is 13.1. The van der Waals surface area contributed by atoms with Gasteiger partial charge in [-0.25, -0.2) is 14.6 Å². The zero-order valence-electron chi connectivity index (χ0n) is 17.5. The van der Waals surface area contributed by atoms with Gasteiger partial charge in [0.1, 0.15) is 12.1 Å². The lowest BCUT2D eigenvalue weighted by Crippen LogP contribution is -2.07. The molecule has 31 heavy (non-hydrogen) atoms. The van der Waals surface area contributed by atoms with E-state index in [-0.39, 0.29) is 0 Å². The number of hydrogen-bond donors (Lipinski definition) is 1. The highest BCUT2D eigenvalue weighted by atomic mass is 15.3. The van der Waals surface area contributed by atoms with Gasteiger partial charge in [0, 0.05) is 11.1 Å². The van der Waals surface area contributed by atoms with Crippen molar-refractivity contribution in [1.29, 1.82) is 0 Å². The lowest BCUT2D eigenvalue weighted by atomic mass is 10.1. The molecule has 0 radical (unpaired) electrons. The second-order valence-electron chi connectivity index (χ2n) is 7.62. The minimum absolute atomic E-state index is 0.452. The van der Waals surface area contributed by atoms with Crippen molar-refractivity contribution < 1.29 is 0 Å². The van der Waals surface area contributed by atoms with Crippen LogP contribution in [0.3, 0.4) is 0 Å². The molecule has 0 fully saturated rings. The molecule has 2 aromatic carbocycles. The molecule has 7 nitrogen and oxygen atoms in total. The van der Waals surface area contributed by atoms with Crippen LogP contribution in [0.2, 0.25) is 0 Å². The highest BCUT2D eigenvalue weighted by Gasteiger charge is 2.20. The summed E-state index contributed by atoms with van der Waals surface area (Å²) >= 11 is 0. The number of fused-ring (bicyclic) bond motifs is 1. The SMILES string of the molecule is Cc1nn(Cc2ccccc2)c(-c2ccccc2)c1Cn1nc(C)c2c(N)ncnc21. The van der Waals surface area contributed by atoms with E-state index < -0.39 is 0 Å². The molecule has 5 aromatic rings. The molecule has 3 aromatic heterocycles. The van der Waals surface area contributed by atoms with Crippen molar-refractivity contribution in [1.82, 2.24) is 29.5 Å².